The molecule has 0 atom stereocenters. The van der Waals surface area contributed by atoms with Gasteiger partial charge in [0.2, 0.25) is 0 Å². The Morgan fingerprint density at radius 3 is 2.72 bits per heavy atom. The van der Waals surface area contributed by atoms with Gasteiger partial charge in [0.25, 0.3) is 17.7 Å². The van der Waals surface area contributed by atoms with Crippen molar-refractivity contribution in [3.8, 4) is 6.07 Å². The number of nitriles is 1. The van der Waals surface area contributed by atoms with Gasteiger partial charge in [-0.3, -0.25) is 19.3 Å². The van der Waals surface area contributed by atoms with E-state index in [0.717, 1.165) is 12.8 Å². The number of amides is 3. The molecule has 1 N–H and O–H groups in total. The third-order valence-electron chi connectivity index (χ3n) is 3.98. The Labute approximate surface area is 148 Å². The smallest absolute Gasteiger partial charge is 0.261 e. The fourth-order valence-corrected chi connectivity index (χ4v) is 3.35. The summed E-state index contributed by atoms with van der Waals surface area (Å²) in [7, 11) is 0. The van der Waals surface area contributed by atoms with Crippen molar-refractivity contribution in [1.82, 2.24) is 4.90 Å². The number of hydrogen-bond acceptors (Lipinski definition) is 5. The predicted octanol–water partition coefficient (Wildman–Crippen LogP) is 3.27. The average Bonchev–Trinajstić information content (AvgIpc) is 3.16. The number of unbranched alkanes of at least 4 members (excludes halogenated alkanes) is 1. The van der Waals surface area contributed by atoms with E-state index in [4.69, 9.17) is 5.26 Å². The van der Waals surface area contributed by atoms with Crippen LogP contribution < -0.4 is 5.32 Å². The number of imide groups is 1. The first kappa shape index (κ1) is 16.9. The highest BCUT2D eigenvalue weighted by Gasteiger charge is 2.35. The zero-order chi connectivity index (χ0) is 18.0. The Kier molecular flexibility index (Phi) is 4.63. The fourth-order valence-electron chi connectivity index (χ4n) is 2.62. The Balaban J connectivity index is 1.84. The first-order valence-corrected chi connectivity index (χ1v) is 8.74. The molecular weight excluding hydrogens is 338 g/mol. The van der Waals surface area contributed by atoms with Crippen molar-refractivity contribution in [2.45, 2.75) is 19.8 Å². The summed E-state index contributed by atoms with van der Waals surface area (Å²) in [5.41, 5.74) is 1.23. The van der Waals surface area contributed by atoms with Crippen LogP contribution in [0, 0.1) is 11.3 Å². The van der Waals surface area contributed by atoms with E-state index in [1.54, 1.807) is 11.4 Å². The maximum Gasteiger partial charge on any atom is 0.261 e. The molecule has 1 aliphatic rings. The second-order valence-electron chi connectivity index (χ2n) is 5.61. The number of fused-ring (bicyclic) bond motifs is 1. The fraction of sp³-hybridized carbons (Fsp3) is 0.222. The molecule has 2 aromatic rings. The molecule has 0 spiro atoms. The summed E-state index contributed by atoms with van der Waals surface area (Å²) < 4.78 is 0. The monoisotopic (exact) mass is 353 g/mol. The van der Waals surface area contributed by atoms with Crippen molar-refractivity contribution in [3.05, 3.63) is 51.9 Å². The zero-order valence-electron chi connectivity index (χ0n) is 13.5. The van der Waals surface area contributed by atoms with Crippen molar-refractivity contribution < 1.29 is 14.4 Å². The lowest BCUT2D eigenvalue weighted by Gasteiger charge is -2.12. The molecule has 0 saturated heterocycles. The van der Waals surface area contributed by atoms with E-state index >= 15 is 0 Å². The van der Waals surface area contributed by atoms with Crippen LogP contribution in [0.25, 0.3) is 0 Å². The maximum atomic E-state index is 12.4. The lowest BCUT2D eigenvalue weighted by atomic mass is 10.1. The second kappa shape index (κ2) is 6.87. The number of benzene rings is 1. The minimum atomic E-state index is -0.422. The van der Waals surface area contributed by atoms with Gasteiger partial charge in [0.15, 0.2) is 0 Å². The Hall–Kier alpha value is -2.98. The summed E-state index contributed by atoms with van der Waals surface area (Å²) in [5, 5.41) is 13.8. The lowest BCUT2D eigenvalue weighted by molar-refractivity contribution is 0.0652. The minimum Gasteiger partial charge on any atom is -0.312 e. The number of thiophene rings is 1. The standard InChI is InChI=1S/C18H15N3O3S/c1-2-3-7-21-17(23)13-5-4-11(9-14(13)18(21)24)15(22)20-16-12(10-19)6-8-25-16/h4-6,8-9H,2-3,7H2,1H3,(H,20,22). The van der Waals surface area contributed by atoms with Crippen LogP contribution >= 0.6 is 11.3 Å². The Morgan fingerprint density at radius 1 is 1.24 bits per heavy atom. The van der Waals surface area contributed by atoms with Crippen LogP contribution in [0.4, 0.5) is 5.00 Å². The van der Waals surface area contributed by atoms with Crippen molar-refractivity contribution in [2.24, 2.45) is 0 Å². The van der Waals surface area contributed by atoms with E-state index in [0.29, 0.717) is 22.7 Å². The molecule has 0 aliphatic carbocycles. The lowest BCUT2D eigenvalue weighted by Crippen LogP contribution is -2.30. The first-order chi connectivity index (χ1) is 12.1. The molecule has 126 valence electrons. The number of rotatable bonds is 5. The molecule has 0 fully saturated rings. The molecule has 1 aromatic heterocycles. The molecule has 3 rings (SSSR count). The van der Waals surface area contributed by atoms with Crippen LogP contribution in [0.2, 0.25) is 0 Å². The molecule has 0 unspecified atom stereocenters. The maximum absolute atomic E-state index is 12.4. The first-order valence-electron chi connectivity index (χ1n) is 7.86. The molecule has 2 heterocycles. The normalized spacial score (nSPS) is 12.9. The molecule has 0 saturated carbocycles. The van der Waals surface area contributed by atoms with Crippen LogP contribution in [-0.4, -0.2) is 29.2 Å². The van der Waals surface area contributed by atoms with E-state index in [2.05, 4.69) is 5.32 Å². The summed E-state index contributed by atoms with van der Waals surface area (Å²) >= 11 is 1.25. The van der Waals surface area contributed by atoms with Gasteiger partial charge in [0, 0.05) is 12.1 Å². The zero-order valence-corrected chi connectivity index (χ0v) is 14.4. The van der Waals surface area contributed by atoms with Gasteiger partial charge in [0.05, 0.1) is 16.7 Å². The highest BCUT2D eigenvalue weighted by Crippen LogP contribution is 2.26. The van der Waals surface area contributed by atoms with Gasteiger partial charge in [-0.05, 0) is 36.1 Å². The van der Waals surface area contributed by atoms with Crippen LogP contribution in [0.5, 0.6) is 0 Å². The van der Waals surface area contributed by atoms with Crippen molar-refractivity contribution in [2.75, 3.05) is 11.9 Å². The molecule has 0 bridgehead atoms. The predicted molar refractivity (Wildman–Crippen MR) is 93.7 cm³/mol. The van der Waals surface area contributed by atoms with Gasteiger partial charge < -0.3 is 5.32 Å². The van der Waals surface area contributed by atoms with E-state index in [1.807, 2.05) is 13.0 Å². The van der Waals surface area contributed by atoms with E-state index in [1.165, 1.54) is 34.4 Å². The summed E-state index contributed by atoms with van der Waals surface area (Å²) in [6.07, 6.45) is 1.62. The highest BCUT2D eigenvalue weighted by atomic mass is 32.1. The van der Waals surface area contributed by atoms with Gasteiger partial charge in [-0.25, -0.2) is 0 Å². The number of anilines is 1. The summed E-state index contributed by atoms with van der Waals surface area (Å²) in [4.78, 5) is 38.4. The van der Waals surface area contributed by atoms with Crippen LogP contribution in [-0.2, 0) is 0 Å². The van der Waals surface area contributed by atoms with Crippen molar-refractivity contribution in [3.63, 3.8) is 0 Å². The summed E-state index contributed by atoms with van der Waals surface area (Å²) in [6, 6.07) is 8.09. The van der Waals surface area contributed by atoms with E-state index in [-0.39, 0.29) is 22.9 Å². The van der Waals surface area contributed by atoms with Crippen molar-refractivity contribution in [1.29, 1.82) is 5.26 Å². The molecule has 1 aliphatic heterocycles. The number of nitrogens with zero attached hydrogens (tertiary/aromatic N) is 2. The van der Waals surface area contributed by atoms with E-state index < -0.39 is 5.91 Å². The van der Waals surface area contributed by atoms with Gasteiger partial charge in [-0.15, -0.1) is 11.3 Å². The quantitative estimate of drug-likeness (QED) is 0.835. The number of nitrogens with one attached hydrogen (secondary N) is 1. The van der Waals surface area contributed by atoms with Crippen LogP contribution in [0.1, 0.15) is 56.4 Å². The molecule has 25 heavy (non-hydrogen) atoms. The minimum absolute atomic E-state index is 0.250. The van der Waals surface area contributed by atoms with Crippen LogP contribution in [0.15, 0.2) is 29.6 Å². The Bertz CT molecular complexity index is 911. The van der Waals surface area contributed by atoms with Gasteiger partial charge in [-0.2, -0.15) is 5.26 Å². The van der Waals surface area contributed by atoms with E-state index in [9.17, 15) is 14.4 Å². The molecule has 7 heteroatoms. The third-order valence-corrected chi connectivity index (χ3v) is 4.81. The molecule has 6 nitrogen and oxygen atoms in total. The van der Waals surface area contributed by atoms with Gasteiger partial charge in [-0.1, -0.05) is 13.3 Å². The Morgan fingerprint density at radius 2 is 2.00 bits per heavy atom. The molecule has 1 aromatic carbocycles. The SMILES string of the molecule is CCCCN1C(=O)c2ccc(C(=O)Nc3sccc3C#N)cc2C1=O. The molecule has 0 radical (unpaired) electrons. The van der Waals surface area contributed by atoms with Gasteiger partial charge in [0.1, 0.15) is 11.1 Å². The number of carbonyl (C=O) groups is 3. The summed E-state index contributed by atoms with van der Waals surface area (Å²) in [5.74, 6) is -1.10. The van der Waals surface area contributed by atoms with Gasteiger partial charge >= 0.3 is 0 Å². The topological polar surface area (TPSA) is 90.3 Å². The summed E-state index contributed by atoms with van der Waals surface area (Å²) in [6.45, 7) is 2.37. The number of hydrogen-bond donors (Lipinski definition) is 1. The third kappa shape index (κ3) is 3.04. The number of carbonyl (C=O) groups excluding carboxylic acids is 3. The van der Waals surface area contributed by atoms with Crippen LogP contribution in [0.3, 0.4) is 0 Å². The second-order valence-corrected chi connectivity index (χ2v) is 6.52. The average molecular weight is 353 g/mol. The highest BCUT2D eigenvalue weighted by molar-refractivity contribution is 7.14. The van der Waals surface area contributed by atoms with Crippen molar-refractivity contribution >= 4 is 34.1 Å². The molecular formula is C18H15N3O3S. The molecule has 3 amide bonds. The largest absolute Gasteiger partial charge is 0.312 e.